The Morgan fingerprint density at radius 1 is 1.14 bits per heavy atom. The van der Waals surface area contributed by atoms with Crippen molar-refractivity contribution >= 4 is 28.5 Å². The Morgan fingerprint density at radius 3 is 2.76 bits per heavy atom. The molecule has 5 heteroatoms. The number of nitrogens with zero attached hydrogens (tertiary/aromatic N) is 1. The van der Waals surface area contributed by atoms with Gasteiger partial charge in [0.25, 0.3) is 5.56 Å². The first-order valence-corrected chi connectivity index (χ1v) is 7.07. The molecule has 0 aliphatic rings. The van der Waals surface area contributed by atoms with E-state index in [1.54, 1.807) is 18.2 Å². The minimum absolute atomic E-state index is 0.168. The van der Waals surface area contributed by atoms with Crippen LogP contribution in [-0.2, 0) is 6.42 Å². The Kier molecular flexibility index (Phi) is 3.88. The zero-order chi connectivity index (χ0) is 14.7. The first kappa shape index (κ1) is 13.6. The molecule has 1 aromatic heterocycles. The zero-order valence-corrected chi connectivity index (χ0v) is 12.0. The lowest BCUT2D eigenvalue weighted by Gasteiger charge is -2.06. The predicted octanol–water partition coefficient (Wildman–Crippen LogP) is 3.23. The minimum atomic E-state index is -0.168. The molecule has 106 valence electrons. The molecule has 4 nitrogen and oxygen atoms in total. The van der Waals surface area contributed by atoms with Crippen LogP contribution in [-0.4, -0.2) is 16.5 Å². The summed E-state index contributed by atoms with van der Waals surface area (Å²) >= 11 is 5.94. The second kappa shape index (κ2) is 5.97. The van der Waals surface area contributed by atoms with Crippen LogP contribution in [0, 0.1) is 0 Å². The molecule has 1 heterocycles. The average molecular weight is 300 g/mol. The number of anilines is 1. The van der Waals surface area contributed by atoms with Crippen LogP contribution in [0.3, 0.4) is 0 Å². The van der Waals surface area contributed by atoms with Crippen LogP contribution in [0.5, 0.6) is 0 Å². The largest absolute Gasteiger partial charge is 0.355 e. The normalized spacial score (nSPS) is 10.7. The van der Waals surface area contributed by atoms with Crippen molar-refractivity contribution in [1.29, 1.82) is 0 Å². The third kappa shape index (κ3) is 3.23. The van der Waals surface area contributed by atoms with Gasteiger partial charge in [-0.2, -0.15) is 0 Å². The Labute approximate surface area is 126 Å². The summed E-state index contributed by atoms with van der Waals surface area (Å²) in [6, 6.07) is 15.2. The summed E-state index contributed by atoms with van der Waals surface area (Å²) < 4.78 is 0. The number of aromatic amines is 1. The van der Waals surface area contributed by atoms with E-state index in [-0.39, 0.29) is 5.56 Å². The highest BCUT2D eigenvalue weighted by molar-refractivity contribution is 6.31. The van der Waals surface area contributed by atoms with Crippen molar-refractivity contribution in [2.24, 2.45) is 0 Å². The number of hydrogen-bond acceptors (Lipinski definition) is 3. The molecule has 0 spiro atoms. The molecule has 2 aromatic carbocycles. The van der Waals surface area contributed by atoms with E-state index in [4.69, 9.17) is 11.6 Å². The smallest absolute Gasteiger partial charge is 0.260 e. The number of fused-ring (bicyclic) bond motifs is 1. The molecule has 0 bridgehead atoms. The van der Waals surface area contributed by atoms with Crippen molar-refractivity contribution in [3.63, 3.8) is 0 Å². The van der Waals surface area contributed by atoms with Crippen LogP contribution in [0.25, 0.3) is 10.9 Å². The summed E-state index contributed by atoms with van der Waals surface area (Å²) in [4.78, 5) is 19.1. The van der Waals surface area contributed by atoms with Gasteiger partial charge in [0.15, 0.2) is 0 Å². The lowest BCUT2D eigenvalue weighted by molar-refractivity contribution is 0.985. The van der Waals surface area contributed by atoms with Crippen molar-refractivity contribution in [1.82, 2.24) is 9.97 Å². The standard InChI is InChI=1S/C16H14ClN3O/c17-12-6-7-13-14(10-12)19-16(20-15(13)21)18-9-8-11-4-2-1-3-5-11/h1-7,10H,8-9H2,(H2,18,19,20,21). The number of rotatable bonds is 4. The third-order valence-corrected chi connectivity index (χ3v) is 3.45. The molecule has 0 amide bonds. The van der Waals surface area contributed by atoms with E-state index in [0.717, 1.165) is 6.42 Å². The van der Waals surface area contributed by atoms with Crippen LogP contribution in [0.15, 0.2) is 53.3 Å². The van der Waals surface area contributed by atoms with Gasteiger partial charge in [-0.1, -0.05) is 41.9 Å². The van der Waals surface area contributed by atoms with Crippen molar-refractivity contribution in [3.05, 3.63) is 69.5 Å². The second-order valence-electron chi connectivity index (χ2n) is 4.74. The fourth-order valence-electron chi connectivity index (χ4n) is 2.17. The molecule has 0 aliphatic heterocycles. The number of halogens is 1. The summed E-state index contributed by atoms with van der Waals surface area (Å²) in [6.45, 7) is 0.693. The van der Waals surface area contributed by atoms with Crippen LogP contribution in [0.4, 0.5) is 5.95 Å². The van der Waals surface area contributed by atoms with Gasteiger partial charge in [-0.3, -0.25) is 9.78 Å². The monoisotopic (exact) mass is 299 g/mol. The molecule has 0 fully saturated rings. The highest BCUT2D eigenvalue weighted by Crippen LogP contribution is 2.15. The van der Waals surface area contributed by atoms with E-state index in [0.29, 0.717) is 28.4 Å². The molecule has 3 rings (SSSR count). The Bertz CT molecular complexity index is 815. The lowest BCUT2D eigenvalue weighted by atomic mass is 10.1. The summed E-state index contributed by atoms with van der Waals surface area (Å²) in [6.07, 6.45) is 0.859. The summed E-state index contributed by atoms with van der Waals surface area (Å²) in [5.74, 6) is 0.464. The minimum Gasteiger partial charge on any atom is -0.355 e. The molecule has 0 atom stereocenters. The number of benzene rings is 2. The van der Waals surface area contributed by atoms with Gasteiger partial charge in [0, 0.05) is 11.6 Å². The SMILES string of the molecule is O=c1[nH]c(NCCc2ccccc2)nc2cc(Cl)ccc12. The van der Waals surface area contributed by atoms with Crippen LogP contribution < -0.4 is 10.9 Å². The van der Waals surface area contributed by atoms with Crippen molar-refractivity contribution in [3.8, 4) is 0 Å². The van der Waals surface area contributed by atoms with Gasteiger partial charge in [0.05, 0.1) is 10.9 Å². The first-order chi connectivity index (χ1) is 10.2. The second-order valence-corrected chi connectivity index (χ2v) is 5.17. The quantitative estimate of drug-likeness (QED) is 0.777. The molecule has 3 aromatic rings. The zero-order valence-electron chi connectivity index (χ0n) is 11.3. The maximum atomic E-state index is 12.0. The van der Waals surface area contributed by atoms with E-state index in [2.05, 4.69) is 27.4 Å². The lowest BCUT2D eigenvalue weighted by Crippen LogP contribution is -2.14. The third-order valence-electron chi connectivity index (χ3n) is 3.22. The molecule has 0 unspecified atom stereocenters. The highest BCUT2D eigenvalue weighted by atomic mass is 35.5. The van der Waals surface area contributed by atoms with Crippen LogP contribution in [0.2, 0.25) is 5.02 Å². The Balaban J connectivity index is 1.77. The van der Waals surface area contributed by atoms with Gasteiger partial charge >= 0.3 is 0 Å². The number of nitrogens with one attached hydrogen (secondary N) is 2. The predicted molar refractivity (Wildman–Crippen MR) is 86.0 cm³/mol. The van der Waals surface area contributed by atoms with Crippen molar-refractivity contribution < 1.29 is 0 Å². The molecule has 21 heavy (non-hydrogen) atoms. The van der Waals surface area contributed by atoms with Crippen LogP contribution >= 0.6 is 11.6 Å². The van der Waals surface area contributed by atoms with Gasteiger partial charge in [-0.05, 0) is 30.2 Å². The van der Waals surface area contributed by atoms with Crippen molar-refractivity contribution in [2.45, 2.75) is 6.42 Å². The molecule has 0 radical (unpaired) electrons. The van der Waals surface area contributed by atoms with E-state index in [1.807, 2.05) is 18.2 Å². The molecular weight excluding hydrogens is 286 g/mol. The van der Waals surface area contributed by atoms with E-state index >= 15 is 0 Å². The fourth-order valence-corrected chi connectivity index (χ4v) is 2.33. The molecule has 0 saturated heterocycles. The molecular formula is C16H14ClN3O. The topological polar surface area (TPSA) is 57.8 Å². The highest BCUT2D eigenvalue weighted by Gasteiger charge is 2.04. The van der Waals surface area contributed by atoms with E-state index < -0.39 is 0 Å². The number of hydrogen-bond donors (Lipinski definition) is 2. The Morgan fingerprint density at radius 2 is 1.95 bits per heavy atom. The van der Waals surface area contributed by atoms with E-state index in [9.17, 15) is 4.79 Å². The van der Waals surface area contributed by atoms with Gasteiger partial charge in [0.2, 0.25) is 5.95 Å². The van der Waals surface area contributed by atoms with E-state index in [1.165, 1.54) is 5.56 Å². The first-order valence-electron chi connectivity index (χ1n) is 6.70. The molecule has 0 saturated carbocycles. The Hall–Kier alpha value is -2.33. The maximum Gasteiger partial charge on any atom is 0.260 e. The summed E-state index contributed by atoms with van der Waals surface area (Å²) in [7, 11) is 0. The van der Waals surface area contributed by atoms with Gasteiger partial charge in [-0.25, -0.2) is 4.98 Å². The van der Waals surface area contributed by atoms with Crippen LogP contribution in [0.1, 0.15) is 5.56 Å². The molecule has 0 aliphatic carbocycles. The number of H-pyrrole nitrogens is 1. The molecule has 2 N–H and O–H groups in total. The average Bonchev–Trinajstić information content (AvgIpc) is 2.48. The summed E-state index contributed by atoms with van der Waals surface area (Å²) in [5.41, 5.74) is 1.66. The number of aromatic nitrogens is 2. The van der Waals surface area contributed by atoms with Gasteiger partial charge in [0.1, 0.15) is 0 Å². The maximum absolute atomic E-state index is 12.0. The summed E-state index contributed by atoms with van der Waals surface area (Å²) in [5, 5.41) is 4.24. The van der Waals surface area contributed by atoms with Crippen molar-refractivity contribution in [2.75, 3.05) is 11.9 Å². The fraction of sp³-hybridized carbons (Fsp3) is 0.125. The van der Waals surface area contributed by atoms with Gasteiger partial charge < -0.3 is 5.32 Å². The van der Waals surface area contributed by atoms with Gasteiger partial charge in [-0.15, -0.1) is 0 Å².